The molecule has 0 radical (unpaired) electrons. The SMILES string of the molecule is Nc1nc(O)c(N=Nc2ccc(S(=O)(=O)N3CCOCC3)cc2)c(=O)[nH]1. The highest BCUT2D eigenvalue weighted by Gasteiger charge is 2.26. The number of azo groups is 1. The predicted molar refractivity (Wildman–Crippen MR) is 91.1 cm³/mol. The first-order chi connectivity index (χ1) is 12.4. The maximum absolute atomic E-state index is 12.5. The molecule has 12 heteroatoms. The number of H-pyrrole nitrogens is 1. The number of nitrogens with zero attached hydrogens (tertiary/aromatic N) is 4. The second kappa shape index (κ2) is 7.19. The van der Waals surface area contributed by atoms with Crippen LogP contribution in [0.4, 0.5) is 17.3 Å². The molecule has 1 aliphatic rings. The van der Waals surface area contributed by atoms with Crippen LogP contribution in [0.3, 0.4) is 0 Å². The summed E-state index contributed by atoms with van der Waals surface area (Å²) in [6, 6.07) is 5.66. The summed E-state index contributed by atoms with van der Waals surface area (Å²) in [6.45, 7) is 1.32. The summed E-state index contributed by atoms with van der Waals surface area (Å²) in [6.07, 6.45) is 0. The Kier molecular flexibility index (Phi) is 4.97. The number of sulfonamides is 1. The summed E-state index contributed by atoms with van der Waals surface area (Å²) in [7, 11) is -3.60. The fourth-order valence-corrected chi connectivity index (χ4v) is 3.70. The maximum Gasteiger partial charge on any atom is 0.284 e. The number of rotatable bonds is 4. The summed E-state index contributed by atoms with van der Waals surface area (Å²) in [5.74, 6) is -0.898. The number of nitrogen functional groups attached to an aromatic ring is 1. The molecule has 3 rings (SSSR count). The van der Waals surface area contributed by atoms with Gasteiger partial charge in [-0.15, -0.1) is 5.11 Å². The minimum atomic E-state index is -3.60. The van der Waals surface area contributed by atoms with E-state index in [0.717, 1.165) is 0 Å². The van der Waals surface area contributed by atoms with E-state index >= 15 is 0 Å². The van der Waals surface area contributed by atoms with E-state index in [1.54, 1.807) is 0 Å². The van der Waals surface area contributed by atoms with Crippen LogP contribution in [0.25, 0.3) is 0 Å². The van der Waals surface area contributed by atoms with Crippen LogP contribution in [0.15, 0.2) is 44.2 Å². The lowest BCUT2D eigenvalue weighted by molar-refractivity contribution is 0.0730. The van der Waals surface area contributed by atoms with Gasteiger partial charge in [0.1, 0.15) is 0 Å². The van der Waals surface area contributed by atoms with Crippen molar-refractivity contribution in [3.05, 3.63) is 34.6 Å². The van der Waals surface area contributed by atoms with E-state index in [-0.39, 0.29) is 10.8 Å². The van der Waals surface area contributed by atoms with Gasteiger partial charge in [-0.3, -0.25) is 9.78 Å². The van der Waals surface area contributed by atoms with E-state index in [9.17, 15) is 18.3 Å². The van der Waals surface area contributed by atoms with Crippen LogP contribution in [0, 0.1) is 0 Å². The first-order valence-corrected chi connectivity index (χ1v) is 9.00. The van der Waals surface area contributed by atoms with Crippen molar-refractivity contribution < 1.29 is 18.3 Å². The van der Waals surface area contributed by atoms with Crippen molar-refractivity contribution in [3.8, 4) is 5.88 Å². The van der Waals surface area contributed by atoms with Gasteiger partial charge in [0.15, 0.2) is 0 Å². The quantitative estimate of drug-likeness (QED) is 0.650. The molecule has 0 bridgehead atoms. The van der Waals surface area contributed by atoms with Gasteiger partial charge < -0.3 is 15.6 Å². The molecule has 0 spiro atoms. The zero-order valence-corrected chi connectivity index (χ0v) is 14.3. The standard InChI is InChI=1S/C14H16N6O5S/c15-14-16-12(21)11(13(22)17-14)19-18-9-1-3-10(4-2-9)26(23,24)20-5-7-25-8-6-20/h1-4H,5-8H2,(H4,15,16,17,21,22). The zero-order valence-electron chi connectivity index (χ0n) is 13.5. The molecule has 1 fully saturated rings. The number of nitrogens with two attached hydrogens (primary N) is 1. The number of hydrogen-bond donors (Lipinski definition) is 3. The molecule has 0 amide bonds. The Hall–Kier alpha value is -2.83. The summed E-state index contributed by atoms with van der Waals surface area (Å²) in [5.41, 5.74) is 4.44. The average Bonchev–Trinajstić information content (AvgIpc) is 2.62. The van der Waals surface area contributed by atoms with Gasteiger partial charge in [-0.1, -0.05) is 0 Å². The molecule has 11 nitrogen and oxygen atoms in total. The normalized spacial score (nSPS) is 16.2. The van der Waals surface area contributed by atoms with Gasteiger partial charge in [0.05, 0.1) is 23.8 Å². The summed E-state index contributed by atoms with van der Waals surface area (Å²) in [4.78, 5) is 17.4. The lowest BCUT2D eigenvalue weighted by Crippen LogP contribution is -2.40. The second-order valence-electron chi connectivity index (χ2n) is 5.33. The van der Waals surface area contributed by atoms with Gasteiger partial charge in [-0.2, -0.15) is 14.4 Å². The molecule has 26 heavy (non-hydrogen) atoms. The van der Waals surface area contributed by atoms with Crippen LogP contribution >= 0.6 is 0 Å². The van der Waals surface area contributed by atoms with Gasteiger partial charge in [-0.25, -0.2) is 8.42 Å². The molecular weight excluding hydrogens is 364 g/mol. The third-order valence-electron chi connectivity index (χ3n) is 3.60. The van der Waals surface area contributed by atoms with Crippen molar-refractivity contribution in [1.29, 1.82) is 0 Å². The third kappa shape index (κ3) is 3.71. The Labute approximate surface area is 148 Å². The topological polar surface area (TPSA) is 163 Å². The van der Waals surface area contributed by atoms with Gasteiger partial charge >= 0.3 is 0 Å². The number of nitrogens with one attached hydrogen (secondary N) is 1. The molecule has 2 heterocycles. The Morgan fingerprint density at radius 2 is 1.85 bits per heavy atom. The first-order valence-electron chi connectivity index (χ1n) is 7.56. The highest BCUT2D eigenvalue weighted by molar-refractivity contribution is 7.89. The molecule has 4 N–H and O–H groups in total. The Bertz CT molecular complexity index is 980. The van der Waals surface area contributed by atoms with Gasteiger partial charge in [-0.05, 0) is 24.3 Å². The summed E-state index contributed by atoms with van der Waals surface area (Å²) in [5, 5.41) is 17.0. The molecular formula is C14H16N6O5S. The molecule has 0 saturated carbocycles. The van der Waals surface area contributed by atoms with Crippen molar-refractivity contribution in [2.45, 2.75) is 4.90 Å². The number of anilines is 1. The molecule has 2 aromatic rings. The lowest BCUT2D eigenvalue weighted by atomic mass is 10.3. The van der Waals surface area contributed by atoms with Crippen LogP contribution in [0.1, 0.15) is 0 Å². The van der Waals surface area contributed by atoms with E-state index in [0.29, 0.717) is 32.0 Å². The maximum atomic E-state index is 12.5. The van der Waals surface area contributed by atoms with Gasteiger partial charge in [0.2, 0.25) is 27.5 Å². The van der Waals surface area contributed by atoms with Gasteiger partial charge in [0.25, 0.3) is 5.56 Å². The Morgan fingerprint density at radius 1 is 1.19 bits per heavy atom. The molecule has 0 unspecified atom stereocenters. The number of hydrogen-bond acceptors (Lipinski definition) is 9. The molecule has 1 saturated heterocycles. The van der Waals surface area contributed by atoms with Gasteiger partial charge in [0, 0.05) is 13.1 Å². The molecule has 0 aliphatic carbocycles. The van der Waals surface area contributed by atoms with Crippen molar-refractivity contribution in [2.24, 2.45) is 10.2 Å². The number of aromatic hydroxyl groups is 1. The number of morpholine rings is 1. The number of benzene rings is 1. The van der Waals surface area contributed by atoms with E-state index in [4.69, 9.17) is 10.5 Å². The fraction of sp³-hybridized carbons (Fsp3) is 0.286. The number of aromatic nitrogens is 2. The number of aromatic amines is 1. The molecule has 1 aromatic heterocycles. The molecule has 1 aliphatic heterocycles. The van der Waals surface area contributed by atoms with Crippen LogP contribution in [0.5, 0.6) is 5.88 Å². The van der Waals surface area contributed by atoms with Crippen LogP contribution in [-0.2, 0) is 14.8 Å². The minimum absolute atomic E-state index is 0.119. The smallest absolute Gasteiger partial charge is 0.284 e. The predicted octanol–water partition coefficient (Wildman–Crippen LogP) is 0.494. The fourth-order valence-electron chi connectivity index (χ4n) is 2.29. The van der Waals surface area contributed by atoms with Crippen molar-refractivity contribution in [2.75, 3.05) is 32.0 Å². The monoisotopic (exact) mass is 380 g/mol. The molecule has 0 atom stereocenters. The zero-order chi connectivity index (χ0) is 18.7. The second-order valence-corrected chi connectivity index (χ2v) is 7.27. The van der Waals surface area contributed by atoms with E-state index in [2.05, 4.69) is 20.2 Å². The highest BCUT2D eigenvalue weighted by atomic mass is 32.2. The van der Waals surface area contributed by atoms with E-state index in [1.807, 2.05) is 0 Å². The first kappa shape index (κ1) is 18.0. The minimum Gasteiger partial charge on any atom is -0.491 e. The van der Waals surface area contributed by atoms with Crippen molar-refractivity contribution in [1.82, 2.24) is 14.3 Å². The third-order valence-corrected chi connectivity index (χ3v) is 5.52. The largest absolute Gasteiger partial charge is 0.491 e. The van der Waals surface area contributed by atoms with Crippen LogP contribution in [-0.4, -0.2) is 54.1 Å². The van der Waals surface area contributed by atoms with E-state index < -0.39 is 27.1 Å². The Morgan fingerprint density at radius 3 is 2.46 bits per heavy atom. The highest BCUT2D eigenvalue weighted by Crippen LogP contribution is 2.24. The van der Waals surface area contributed by atoms with Crippen LogP contribution in [0.2, 0.25) is 0 Å². The lowest BCUT2D eigenvalue weighted by Gasteiger charge is -2.25. The molecule has 1 aromatic carbocycles. The Balaban J connectivity index is 1.81. The van der Waals surface area contributed by atoms with Crippen molar-refractivity contribution >= 4 is 27.3 Å². The van der Waals surface area contributed by atoms with Crippen LogP contribution < -0.4 is 11.3 Å². The summed E-state index contributed by atoms with van der Waals surface area (Å²) >= 11 is 0. The molecule has 138 valence electrons. The van der Waals surface area contributed by atoms with E-state index in [1.165, 1.54) is 28.6 Å². The number of ether oxygens (including phenoxy) is 1. The average molecular weight is 380 g/mol. The van der Waals surface area contributed by atoms with Crippen molar-refractivity contribution in [3.63, 3.8) is 0 Å². The summed E-state index contributed by atoms with van der Waals surface area (Å²) < 4.78 is 31.5.